The fraction of sp³-hybridized carbons (Fsp3) is 0.111. The SMILES string of the molecule is CC1(C)C2=C(CCC(N(c3ccc4c(c3)C3(C5=CCC#CC=C5c5ccccc53)c3ccccc3-4)c3ccccc3-c3cccc4ccc5oc6ccccc6c5c34)=C2)c2ccccc21. The highest BCUT2D eigenvalue weighted by molar-refractivity contribution is 6.23. The summed E-state index contributed by atoms with van der Waals surface area (Å²) in [6.45, 7) is 4.82. The molecule has 8 aromatic carbocycles. The van der Waals surface area contributed by atoms with Crippen molar-refractivity contribution in [3.63, 3.8) is 0 Å². The van der Waals surface area contributed by atoms with Crippen LogP contribution in [-0.2, 0) is 10.8 Å². The monoisotopic (exact) mass is 829 g/mol. The smallest absolute Gasteiger partial charge is 0.136 e. The number of furan rings is 1. The van der Waals surface area contributed by atoms with E-state index < -0.39 is 5.41 Å². The van der Waals surface area contributed by atoms with Crippen LogP contribution in [-0.4, -0.2) is 0 Å². The molecule has 14 rings (SSSR count). The molecule has 0 N–H and O–H groups in total. The molecule has 65 heavy (non-hydrogen) atoms. The second-order valence-electron chi connectivity index (χ2n) is 18.8. The van der Waals surface area contributed by atoms with E-state index in [-0.39, 0.29) is 5.41 Å². The van der Waals surface area contributed by atoms with Crippen molar-refractivity contribution < 1.29 is 4.42 Å². The normalized spacial score (nSPS) is 18.2. The van der Waals surface area contributed by atoms with Gasteiger partial charge in [-0.2, -0.15) is 0 Å². The summed E-state index contributed by atoms with van der Waals surface area (Å²) < 4.78 is 6.52. The zero-order valence-electron chi connectivity index (χ0n) is 36.4. The highest BCUT2D eigenvalue weighted by Crippen LogP contribution is 2.65. The minimum atomic E-state index is -0.488. The molecule has 1 spiro atoms. The summed E-state index contributed by atoms with van der Waals surface area (Å²) in [6, 6.07) is 63.3. The standard InChI is InChI=1S/C63H43NO/c1-62(2)51-25-11-6-19-42(51)46-34-32-40(37-55(46)62)64(57-29-14-9-22-48(57)49-24-16-17-39-31-36-59-61(60(39)49)50-23-10-15-30-58(50)65-59)41-33-35-47-45-21-8-13-28-54(45)63(56(47)38-41)52-26-5-3-4-18-43(52)44-20-7-12-27-53(44)63/h6-31,33,35-38H,5,32,34H2,1-2H3. The lowest BCUT2D eigenvalue weighted by Gasteiger charge is -2.35. The van der Waals surface area contributed by atoms with Gasteiger partial charge in [0.15, 0.2) is 0 Å². The number of fused-ring (bicyclic) bond motifs is 17. The van der Waals surface area contributed by atoms with Gasteiger partial charge < -0.3 is 9.32 Å². The van der Waals surface area contributed by atoms with Crippen LogP contribution in [0.1, 0.15) is 66.5 Å². The van der Waals surface area contributed by atoms with E-state index in [4.69, 9.17) is 4.42 Å². The Hall–Kier alpha value is -7.86. The molecule has 5 aliphatic rings. The second-order valence-corrected chi connectivity index (χ2v) is 18.8. The molecule has 1 unspecified atom stereocenters. The van der Waals surface area contributed by atoms with E-state index in [1.807, 2.05) is 0 Å². The van der Waals surface area contributed by atoms with Gasteiger partial charge in [0.1, 0.15) is 11.2 Å². The lowest BCUT2D eigenvalue weighted by molar-refractivity contribution is 0.648. The van der Waals surface area contributed by atoms with Crippen molar-refractivity contribution >= 4 is 55.2 Å². The third kappa shape index (κ3) is 4.85. The Kier molecular flexibility index (Phi) is 7.51. The summed E-state index contributed by atoms with van der Waals surface area (Å²) in [4.78, 5) is 2.61. The quantitative estimate of drug-likeness (QED) is 0.164. The van der Waals surface area contributed by atoms with Gasteiger partial charge in [-0.3, -0.25) is 0 Å². The van der Waals surface area contributed by atoms with Gasteiger partial charge in [0.05, 0.1) is 11.1 Å². The number of allylic oxidation sites excluding steroid dienone is 8. The number of anilines is 2. The maximum Gasteiger partial charge on any atom is 0.136 e. The van der Waals surface area contributed by atoms with E-state index in [0.29, 0.717) is 6.42 Å². The van der Waals surface area contributed by atoms with Crippen LogP contribution in [0, 0.1) is 11.8 Å². The number of para-hydroxylation sites is 2. The maximum absolute atomic E-state index is 6.52. The van der Waals surface area contributed by atoms with Crippen LogP contribution in [0.3, 0.4) is 0 Å². The molecule has 0 saturated heterocycles. The third-order valence-corrected chi connectivity index (χ3v) is 15.3. The average molecular weight is 830 g/mol. The van der Waals surface area contributed by atoms with E-state index in [1.165, 1.54) is 94.4 Å². The van der Waals surface area contributed by atoms with Crippen LogP contribution in [0.5, 0.6) is 0 Å². The minimum Gasteiger partial charge on any atom is -0.456 e. The molecular weight excluding hydrogens is 787 g/mol. The molecule has 2 nitrogen and oxygen atoms in total. The molecule has 1 aromatic heterocycles. The van der Waals surface area contributed by atoms with Crippen molar-refractivity contribution in [2.24, 2.45) is 0 Å². The van der Waals surface area contributed by atoms with E-state index in [9.17, 15) is 0 Å². The Morgan fingerprint density at radius 2 is 1.26 bits per heavy atom. The second kappa shape index (κ2) is 13.3. The molecule has 0 bridgehead atoms. The first-order valence-electron chi connectivity index (χ1n) is 23.0. The summed E-state index contributed by atoms with van der Waals surface area (Å²) in [5.41, 5.74) is 23.4. The molecule has 5 aliphatic carbocycles. The molecule has 1 heterocycles. The molecule has 9 aromatic rings. The van der Waals surface area contributed by atoms with E-state index >= 15 is 0 Å². The zero-order chi connectivity index (χ0) is 43.0. The van der Waals surface area contributed by atoms with E-state index in [1.54, 1.807) is 0 Å². The highest BCUT2D eigenvalue weighted by Gasteiger charge is 2.53. The van der Waals surface area contributed by atoms with Crippen LogP contribution in [0.2, 0.25) is 0 Å². The van der Waals surface area contributed by atoms with Crippen molar-refractivity contribution in [3.05, 3.63) is 238 Å². The van der Waals surface area contributed by atoms with Gasteiger partial charge in [-0.05, 0) is 133 Å². The van der Waals surface area contributed by atoms with Crippen molar-refractivity contribution in [1.29, 1.82) is 0 Å². The maximum atomic E-state index is 6.52. The fourth-order valence-corrected chi connectivity index (χ4v) is 12.6. The summed E-state index contributed by atoms with van der Waals surface area (Å²) in [5, 5.41) is 4.71. The highest BCUT2D eigenvalue weighted by atomic mass is 16.3. The number of benzene rings is 8. The van der Waals surface area contributed by atoms with Crippen LogP contribution in [0.25, 0.3) is 66.1 Å². The lowest BCUT2D eigenvalue weighted by Crippen LogP contribution is -2.27. The average Bonchev–Trinajstić information content (AvgIpc) is 3.96. The number of nitrogens with zero attached hydrogens (tertiary/aromatic N) is 1. The van der Waals surface area contributed by atoms with Gasteiger partial charge in [-0.1, -0.05) is 171 Å². The van der Waals surface area contributed by atoms with Gasteiger partial charge in [0.2, 0.25) is 0 Å². The molecule has 0 fully saturated rings. The number of hydrogen-bond donors (Lipinski definition) is 0. The van der Waals surface area contributed by atoms with Gasteiger partial charge >= 0.3 is 0 Å². The first-order valence-corrected chi connectivity index (χ1v) is 23.0. The van der Waals surface area contributed by atoms with E-state index in [2.05, 4.69) is 219 Å². The largest absolute Gasteiger partial charge is 0.456 e. The fourth-order valence-electron chi connectivity index (χ4n) is 12.6. The lowest BCUT2D eigenvalue weighted by atomic mass is 9.70. The number of hydrogen-bond acceptors (Lipinski definition) is 2. The van der Waals surface area contributed by atoms with Crippen LogP contribution >= 0.6 is 0 Å². The van der Waals surface area contributed by atoms with Gasteiger partial charge in [-0.15, -0.1) is 0 Å². The Balaban J connectivity index is 1.05. The van der Waals surface area contributed by atoms with Gasteiger partial charge in [-0.25, -0.2) is 0 Å². The summed E-state index contributed by atoms with van der Waals surface area (Å²) in [5.74, 6) is 6.81. The summed E-state index contributed by atoms with van der Waals surface area (Å²) in [6.07, 6.45) is 9.73. The van der Waals surface area contributed by atoms with Crippen molar-refractivity contribution in [2.75, 3.05) is 4.90 Å². The van der Waals surface area contributed by atoms with Crippen molar-refractivity contribution in [1.82, 2.24) is 0 Å². The molecular formula is C63H43NO. The van der Waals surface area contributed by atoms with Crippen LogP contribution in [0.4, 0.5) is 11.4 Å². The summed E-state index contributed by atoms with van der Waals surface area (Å²) >= 11 is 0. The van der Waals surface area contributed by atoms with Crippen LogP contribution < -0.4 is 4.90 Å². The molecule has 1 atom stereocenters. The molecule has 0 radical (unpaired) electrons. The van der Waals surface area contributed by atoms with Crippen molar-refractivity contribution in [3.8, 4) is 34.1 Å². The molecule has 0 aliphatic heterocycles. The minimum absolute atomic E-state index is 0.125. The van der Waals surface area contributed by atoms with Crippen molar-refractivity contribution in [2.45, 2.75) is 43.9 Å². The van der Waals surface area contributed by atoms with Gasteiger partial charge in [0.25, 0.3) is 0 Å². The first kappa shape index (κ1) is 36.6. The molecule has 0 amide bonds. The predicted molar refractivity (Wildman–Crippen MR) is 269 cm³/mol. The molecule has 0 saturated carbocycles. The summed E-state index contributed by atoms with van der Waals surface area (Å²) in [7, 11) is 0. The number of rotatable bonds is 4. The predicted octanol–water partition coefficient (Wildman–Crippen LogP) is 16.0. The molecule has 306 valence electrons. The Morgan fingerprint density at radius 3 is 2.14 bits per heavy atom. The topological polar surface area (TPSA) is 16.4 Å². The Bertz CT molecular complexity index is 3790. The Labute approximate surface area is 379 Å². The van der Waals surface area contributed by atoms with Gasteiger partial charge in [0, 0.05) is 44.9 Å². The Morgan fingerprint density at radius 1 is 0.554 bits per heavy atom. The third-order valence-electron chi connectivity index (χ3n) is 15.3. The molecule has 2 heteroatoms. The zero-order valence-corrected chi connectivity index (χ0v) is 36.4. The van der Waals surface area contributed by atoms with E-state index in [0.717, 1.165) is 46.2 Å². The van der Waals surface area contributed by atoms with Crippen LogP contribution in [0.15, 0.2) is 209 Å². The first-order chi connectivity index (χ1) is 32.0.